The number of nitrogens with zero attached hydrogens (tertiary/aromatic N) is 1. The standard InChI is InChI=1S/C10H15NO3S/c1-5-10(3,14-4)9-11-7(8(12)13)6(2)15-9/h5H2,1-4H3,(H,12,13). The first-order chi connectivity index (χ1) is 6.94. The lowest BCUT2D eigenvalue weighted by molar-refractivity contribution is -0.00168. The van der Waals surface area contributed by atoms with E-state index in [1.54, 1.807) is 14.0 Å². The molecule has 1 heterocycles. The van der Waals surface area contributed by atoms with E-state index in [-0.39, 0.29) is 5.69 Å². The third kappa shape index (κ3) is 2.18. The number of rotatable bonds is 4. The maximum atomic E-state index is 10.8. The van der Waals surface area contributed by atoms with Gasteiger partial charge in [0.2, 0.25) is 0 Å². The lowest BCUT2D eigenvalue weighted by Crippen LogP contribution is -2.23. The second kappa shape index (κ2) is 4.28. The smallest absolute Gasteiger partial charge is 0.355 e. The fraction of sp³-hybridized carbons (Fsp3) is 0.600. The van der Waals surface area contributed by atoms with Crippen LogP contribution in [-0.2, 0) is 10.3 Å². The first kappa shape index (κ1) is 12.1. The molecule has 0 aliphatic rings. The number of aromatic carboxylic acids is 1. The molecular weight excluding hydrogens is 214 g/mol. The number of ether oxygens (including phenoxy) is 1. The quantitative estimate of drug-likeness (QED) is 0.861. The van der Waals surface area contributed by atoms with Gasteiger partial charge in [0.05, 0.1) is 0 Å². The monoisotopic (exact) mass is 229 g/mol. The molecular formula is C10H15NO3S. The van der Waals surface area contributed by atoms with Crippen LogP contribution in [0.2, 0.25) is 0 Å². The first-order valence-electron chi connectivity index (χ1n) is 4.71. The maximum Gasteiger partial charge on any atom is 0.355 e. The highest BCUT2D eigenvalue weighted by molar-refractivity contribution is 7.12. The van der Waals surface area contributed by atoms with Crippen LogP contribution >= 0.6 is 11.3 Å². The van der Waals surface area contributed by atoms with Gasteiger partial charge in [-0.1, -0.05) is 6.92 Å². The summed E-state index contributed by atoms with van der Waals surface area (Å²) in [6.45, 7) is 5.66. The zero-order valence-electron chi connectivity index (χ0n) is 9.33. The SMILES string of the molecule is CCC(C)(OC)c1nc(C(=O)O)c(C)s1. The van der Waals surface area contributed by atoms with Crippen LogP contribution < -0.4 is 0 Å². The Labute approximate surface area is 92.9 Å². The molecule has 1 unspecified atom stereocenters. The molecule has 0 spiro atoms. The summed E-state index contributed by atoms with van der Waals surface area (Å²) >= 11 is 1.38. The van der Waals surface area contributed by atoms with E-state index >= 15 is 0 Å². The summed E-state index contributed by atoms with van der Waals surface area (Å²) < 4.78 is 5.38. The number of methoxy groups -OCH3 is 1. The van der Waals surface area contributed by atoms with Crippen molar-refractivity contribution < 1.29 is 14.6 Å². The van der Waals surface area contributed by atoms with E-state index in [2.05, 4.69) is 4.98 Å². The number of carboxylic acids is 1. The lowest BCUT2D eigenvalue weighted by atomic mass is 10.1. The van der Waals surface area contributed by atoms with Gasteiger partial charge in [0, 0.05) is 12.0 Å². The molecule has 1 N–H and O–H groups in total. The van der Waals surface area contributed by atoms with E-state index in [0.717, 1.165) is 11.4 Å². The van der Waals surface area contributed by atoms with Gasteiger partial charge in [-0.05, 0) is 20.3 Å². The first-order valence-corrected chi connectivity index (χ1v) is 5.52. The fourth-order valence-electron chi connectivity index (χ4n) is 1.20. The van der Waals surface area contributed by atoms with E-state index in [1.165, 1.54) is 11.3 Å². The number of hydrogen-bond donors (Lipinski definition) is 1. The zero-order chi connectivity index (χ0) is 11.6. The number of aryl methyl sites for hydroxylation is 1. The Hall–Kier alpha value is -0.940. The molecule has 0 amide bonds. The Morgan fingerprint density at radius 1 is 1.67 bits per heavy atom. The summed E-state index contributed by atoms with van der Waals surface area (Å²) in [6.07, 6.45) is 0.759. The molecule has 0 radical (unpaired) electrons. The molecule has 0 saturated carbocycles. The summed E-state index contributed by atoms with van der Waals surface area (Å²) in [5.74, 6) is -0.982. The third-order valence-corrected chi connectivity index (χ3v) is 3.79. The second-order valence-electron chi connectivity index (χ2n) is 3.52. The molecule has 5 heteroatoms. The average Bonchev–Trinajstić information content (AvgIpc) is 2.59. The normalized spacial score (nSPS) is 14.9. The van der Waals surface area contributed by atoms with Crippen molar-refractivity contribution in [1.82, 2.24) is 4.98 Å². The van der Waals surface area contributed by atoms with Crippen LogP contribution in [0.4, 0.5) is 0 Å². The van der Waals surface area contributed by atoms with Crippen LogP contribution in [0, 0.1) is 6.92 Å². The molecule has 15 heavy (non-hydrogen) atoms. The van der Waals surface area contributed by atoms with Crippen LogP contribution in [-0.4, -0.2) is 23.2 Å². The molecule has 0 fully saturated rings. The molecule has 0 aliphatic carbocycles. The van der Waals surface area contributed by atoms with Gasteiger partial charge in [-0.25, -0.2) is 9.78 Å². The second-order valence-corrected chi connectivity index (χ2v) is 4.72. The zero-order valence-corrected chi connectivity index (χ0v) is 10.1. The summed E-state index contributed by atoms with van der Waals surface area (Å²) in [5, 5.41) is 9.62. The van der Waals surface area contributed by atoms with Crippen molar-refractivity contribution in [1.29, 1.82) is 0 Å². The molecule has 0 bridgehead atoms. The summed E-state index contributed by atoms with van der Waals surface area (Å²) in [4.78, 5) is 15.7. The Bertz CT molecular complexity index is 369. The molecule has 0 aromatic carbocycles. The van der Waals surface area contributed by atoms with Gasteiger partial charge in [0.1, 0.15) is 10.6 Å². The van der Waals surface area contributed by atoms with Crippen molar-refractivity contribution in [2.24, 2.45) is 0 Å². The highest BCUT2D eigenvalue weighted by Gasteiger charge is 2.29. The van der Waals surface area contributed by atoms with Crippen molar-refractivity contribution in [2.75, 3.05) is 7.11 Å². The van der Waals surface area contributed by atoms with Gasteiger partial charge < -0.3 is 9.84 Å². The number of hydrogen-bond acceptors (Lipinski definition) is 4. The van der Waals surface area contributed by atoms with Crippen LogP contribution in [0.5, 0.6) is 0 Å². The fourth-order valence-corrected chi connectivity index (χ4v) is 2.30. The third-order valence-electron chi connectivity index (χ3n) is 2.58. The van der Waals surface area contributed by atoms with Gasteiger partial charge in [0.15, 0.2) is 5.69 Å². The van der Waals surface area contributed by atoms with E-state index in [4.69, 9.17) is 9.84 Å². The Morgan fingerprint density at radius 3 is 2.60 bits per heavy atom. The highest BCUT2D eigenvalue weighted by atomic mass is 32.1. The van der Waals surface area contributed by atoms with Gasteiger partial charge in [-0.3, -0.25) is 0 Å². The number of carbonyl (C=O) groups is 1. The molecule has 0 aliphatic heterocycles. The Morgan fingerprint density at radius 2 is 2.27 bits per heavy atom. The van der Waals surface area contributed by atoms with Crippen LogP contribution in [0.25, 0.3) is 0 Å². The largest absolute Gasteiger partial charge is 0.476 e. The van der Waals surface area contributed by atoms with Gasteiger partial charge in [-0.2, -0.15) is 0 Å². The lowest BCUT2D eigenvalue weighted by Gasteiger charge is -2.23. The predicted octanol–water partition coefficient (Wildman–Crippen LogP) is 2.42. The number of carboxylic acid groups (broad SMARTS) is 1. The van der Waals surface area contributed by atoms with Crippen molar-refractivity contribution in [3.05, 3.63) is 15.6 Å². The van der Waals surface area contributed by atoms with Crippen molar-refractivity contribution in [2.45, 2.75) is 32.8 Å². The highest BCUT2D eigenvalue weighted by Crippen LogP contribution is 2.32. The Kier molecular flexibility index (Phi) is 3.46. The minimum Gasteiger partial charge on any atom is -0.476 e. The van der Waals surface area contributed by atoms with Crippen LogP contribution in [0.3, 0.4) is 0 Å². The van der Waals surface area contributed by atoms with Gasteiger partial charge in [0.25, 0.3) is 0 Å². The van der Waals surface area contributed by atoms with E-state index < -0.39 is 11.6 Å². The van der Waals surface area contributed by atoms with E-state index in [0.29, 0.717) is 4.88 Å². The van der Waals surface area contributed by atoms with E-state index in [9.17, 15) is 4.79 Å². The molecule has 1 aromatic rings. The van der Waals surface area contributed by atoms with Crippen LogP contribution in [0.1, 0.15) is 40.6 Å². The number of thiazole rings is 1. The van der Waals surface area contributed by atoms with Crippen LogP contribution in [0.15, 0.2) is 0 Å². The van der Waals surface area contributed by atoms with Crippen molar-refractivity contribution >= 4 is 17.3 Å². The minimum absolute atomic E-state index is 0.131. The van der Waals surface area contributed by atoms with Crippen molar-refractivity contribution in [3.8, 4) is 0 Å². The minimum atomic E-state index is -0.982. The number of aromatic nitrogens is 1. The molecule has 1 aromatic heterocycles. The summed E-state index contributed by atoms with van der Waals surface area (Å²) in [6, 6.07) is 0. The molecule has 4 nitrogen and oxygen atoms in total. The maximum absolute atomic E-state index is 10.8. The predicted molar refractivity (Wildman–Crippen MR) is 58.5 cm³/mol. The topological polar surface area (TPSA) is 59.4 Å². The van der Waals surface area contributed by atoms with Gasteiger partial charge >= 0.3 is 5.97 Å². The van der Waals surface area contributed by atoms with E-state index in [1.807, 2.05) is 13.8 Å². The average molecular weight is 229 g/mol. The summed E-state index contributed by atoms with van der Waals surface area (Å²) in [7, 11) is 1.61. The molecule has 0 saturated heterocycles. The molecule has 1 atom stereocenters. The summed E-state index contributed by atoms with van der Waals surface area (Å²) in [5.41, 5.74) is -0.352. The molecule has 84 valence electrons. The molecule has 1 rings (SSSR count). The van der Waals surface area contributed by atoms with Gasteiger partial charge in [-0.15, -0.1) is 11.3 Å². The Balaban J connectivity index is 3.17. The van der Waals surface area contributed by atoms with Crippen molar-refractivity contribution in [3.63, 3.8) is 0 Å².